The minimum absolute atomic E-state index is 0.0797. The van der Waals surface area contributed by atoms with Gasteiger partial charge in [0.2, 0.25) is 5.91 Å². The van der Waals surface area contributed by atoms with Crippen LogP contribution in [0.15, 0.2) is 24.3 Å². The van der Waals surface area contributed by atoms with Crippen molar-refractivity contribution in [3.8, 4) is 0 Å². The molecule has 20 heavy (non-hydrogen) atoms. The van der Waals surface area contributed by atoms with Gasteiger partial charge in [0.15, 0.2) is 0 Å². The van der Waals surface area contributed by atoms with Gasteiger partial charge in [-0.1, -0.05) is 31.5 Å². The lowest BCUT2D eigenvalue weighted by Gasteiger charge is -2.14. The summed E-state index contributed by atoms with van der Waals surface area (Å²) in [6.45, 7) is 3.99. The topological polar surface area (TPSA) is 66.4 Å². The molecule has 1 rings (SSSR count). The van der Waals surface area contributed by atoms with Crippen LogP contribution in [0.25, 0.3) is 0 Å². The molecule has 0 bridgehead atoms. The summed E-state index contributed by atoms with van der Waals surface area (Å²) in [5, 5.41) is 11.5. The number of hydrogen-bond donors (Lipinski definition) is 2. The average molecular weight is 295 g/mol. The third-order valence-corrected chi connectivity index (χ3v) is 4.09. The molecule has 0 saturated heterocycles. The Balaban J connectivity index is 2.63. The average Bonchev–Trinajstić information content (AvgIpc) is 2.40. The number of anilines is 1. The predicted octanol–water partition coefficient (Wildman–Crippen LogP) is 3.17. The first-order valence-corrected chi connectivity index (χ1v) is 7.81. The molecular weight excluding hydrogens is 274 g/mol. The number of carbonyl (C=O) groups is 2. The summed E-state index contributed by atoms with van der Waals surface area (Å²) < 4.78 is 0. The standard InChI is InChI=1S/C15H21NO3S/c1-3-4-9-20-11(2)15(19)16-13-8-6-5-7-12(13)10-14(17)18/h5-8,11H,3-4,9-10H2,1-2H3,(H,16,19)(H,17,18). The molecule has 0 heterocycles. The van der Waals surface area contributed by atoms with E-state index in [2.05, 4.69) is 12.2 Å². The first kappa shape index (κ1) is 16.6. The van der Waals surface area contributed by atoms with E-state index in [0.29, 0.717) is 11.3 Å². The van der Waals surface area contributed by atoms with Gasteiger partial charge in [-0.05, 0) is 30.7 Å². The molecule has 0 spiro atoms. The molecule has 2 N–H and O–H groups in total. The summed E-state index contributed by atoms with van der Waals surface area (Å²) in [5.74, 6) is -0.0250. The SMILES string of the molecule is CCCCSC(C)C(=O)Nc1ccccc1CC(=O)O. The van der Waals surface area contributed by atoms with Gasteiger partial charge in [-0.25, -0.2) is 0 Å². The minimum atomic E-state index is -0.905. The number of rotatable bonds is 8. The van der Waals surface area contributed by atoms with Crippen molar-refractivity contribution >= 4 is 29.3 Å². The van der Waals surface area contributed by atoms with Crippen molar-refractivity contribution in [3.05, 3.63) is 29.8 Å². The zero-order chi connectivity index (χ0) is 15.0. The normalized spacial score (nSPS) is 11.9. The largest absolute Gasteiger partial charge is 0.481 e. The summed E-state index contributed by atoms with van der Waals surface area (Å²) >= 11 is 1.62. The third-order valence-electron chi connectivity index (χ3n) is 2.85. The molecule has 5 heteroatoms. The molecule has 0 aromatic heterocycles. The predicted molar refractivity (Wildman–Crippen MR) is 83.2 cm³/mol. The number of carboxylic acid groups (broad SMARTS) is 1. The molecule has 1 atom stereocenters. The minimum Gasteiger partial charge on any atom is -0.481 e. The maximum absolute atomic E-state index is 12.1. The van der Waals surface area contributed by atoms with Crippen molar-refractivity contribution in [3.63, 3.8) is 0 Å². The Kier molecular flexibility index (Phi) is 7.15. The molecular formula is C15H21NO3S. The van der Waals surface area contributed by atoms with E-state index in [9.17, 15) is 9.59 Å². The summed E-state index contributed by atoms with van der Waals surface area (Å²) in [6.07, 6.45) is 2.12. The molecule has 1 amide bonds. The van der Waals surface area contributed by atoms with Crippen LogP contribution < -0.4 is 5.32 Å². The highest BCUT2D eigenvalue weighted by molar-refractivity contribution is 8.00. The van der Waals surface area contributed by atoms with Gasteiger partial charge in [0.25, 0.3) is 0 Å². The second kappa shape index (κ2) is 8.64. The Morgan fingerprint density at radius 2 is 2.05 bits per heavy atom. The Morgan fingerprint density at radius 1 is 1.35 bits per heavy atom. The molecule has 1 aromatic rings. The molecule has 0 aliphatic carbocycles. The number of amides is 1. The fourth-order valence-electron chi connectivity index (χ4n) is 1.67. The first-order valence-electron chi connectivity index (χ1n) is 6.76. The summed E-state index contributed by atoms with van der Waals surface area (Å²) in [4.78, 5) is 22.9. The number of hydrogen-bond acceptors (Lipinski definition) is 3. The lowest BCUT2D eigenvalue weighted by atomic mass is 10.1. The monoisotopic (exact) mass is 295 g/mol. The van der Waals surface area contributed by atoms with E-state index in [4.69, 9.17) is 5.11 Å². The first-order chi connectivity index (χ1) is 9.54. The van der Waals surface area contributed by atoms with Crippen molar-refractivity contribution in [1.82, 2.24) is 0 Å². The Hall–Kier alpha value is -1.49. The maximum atomic E-state index is 12.1. The van der Waals surface area contributed by atoms with E-state index in [-0.39, 0.29) is 17.6 Å². The van der Waals surface area contributed by atoms with Crippen molar-refractivity contribution in [1.29, 1.82) is 0 Å². The van der Waals surface area contributed by atoms with Crippen molar-refractivity contribution in [2.75, 3.05) is 11.1 Å². The number of thioether (sulfide) groups is 1. The summed E-state index contributed by atoms with van der Waals surface area (Å²) in [5.41, 5.74) is 1.21. The Labute approximate surface area is 124 Å². The van der Waals surface area contributed by atoms with Gasteiger partial charge in [0, 0.05) is 5.69 Å². The number of carboxylic acids is 1. The second-order valence-corrected chi connectivity index (χ2v) is 6.03. The molecule has 0 fully saturated rings. The van der Waals surface area contributed by atoms with E-state index in [1.807, 2.05) is 6.92 Å². The highest BCUT2D eigenvalue weighted by Crippen LogP contribution is 2.19. The van der Waals surface area contributed by atoms with Gasteiger partial charge in [0.1, 0.15) is 0 Å². The Bertz CT molecular complexity index is 462. The number of unbranched alkanes of at least 4 members (excludes halogenated alkanes) is 1. The smallest absolute Gasteiger partial charge is 0.307 e. The molecule has 1 unspecified atom stereocenters. The van der Waals surface area contributed by atoms with E-state index in [1.165, 1.54) is 0 Å². The van der Waals surface area contributed by atoms with Gasteiger partial charge in [-0.3, -0.25) is 9.59 Å². The van der Waals surface area contributed by atoms with Crippen LogP contribution in [0.5, 0.6) is 0 Å². The lowest BCUT2D eigenvalue weighted by Crippen LogP contribution is -2.23. The van der Waals surface area contributed by atoms with Crippen LogP contribution in [-0.4, -0.2) is 28.0 Å². The van der Waals surface area contributed by atoms with Crippen LogP contribution in [0, 0.1) is 0 Å². The van der Waals surface area contributed by atoms with Gasteiger partial charge >= 0.3 is 5.97 Å². The zero-order valence-corrected chi connectivity index (χ0v) is 12.7. The van der Waals surface area contributed by atoms with E-state index in [0.717, 1.165) is 18.6 Å². The number of aliphatic carboxylic acids is 1. The van der Waals surface area contributed by atoms with E-state index in [1.54, 1.807) is 36.0 Å². The van der Waals surface area contributed by atoms with Crippen LogP contribution >= 0.6 is 11.8 Å². The molecule has 110 valence electrons. The fourth-order valence-corrected chi connectivity index (χ4v) is 2.69. The lowest BCUT2D eigenvalue weighted by molar-refractivity contribution is -0.136. The zero-order valence-electron chi connectivity index (χ0n) is 11.9. The molecule has 0 aliphatic heterocycles. The molecule has 0 aliphatic rings. The van der Waals surface area contributed by atoms with Crippen LogP contribution in [0.1, 0.15) is 32.3 Å². The van der Waals surface area contributed by atoms with Crippen LogP contribution in [0.4, 0.5) is 5.69 Å². The molecule has 0 radical (unpaired) electrons. The Morgan fingerprint density at radius 3 is 2.70 bits per heavy atom. The van der Waals surface area contributed by atoms with Crippen molar-refractivity contribution in [2.24, 2.45) is 0 Å². The number of para-hydroxylation sites is 1. The van der Waals surface area contributed by atoms with E-state index >= 15 is 0 Å². The highest BCUT2D eigenvalue weighted by atomic mass is 32.2. The molecule has 0 saturated carbocycles. The third kappa shape index (κ3) is 5.65. The second-order valence-electron chi connectivity index (χ2n) is 4.58. The van der Waals surface area contributed by atoms with E-state index < -0.39 is 5.97 Å². The quantitative estimate of drug-likeness (QED) is 0.723. The molecule has 1 aromatic carbocycles. The van der Waals surface area contributed by atoms with Crippen LogP contribution in [-0.2, 0) is 16.0 Å². The molecule has 4 nitrogen and oxygen atoms in total. The summed E-state index contributed by atoms with van der Waals surface area (Å²) in [7, 11) is 0. The summed E-state index contributed by atoms with van der Waals surface area (Å²) in [6, 6.07) is 7.02. The number of carbonyl (C=O) groups excluding carboxylic acids is 1. The number of benzene rings is 1. The van der Waals surface area contributed by atoms with Crippen LogP contribution in [0.2, 0.25) is 0 Å². The van der Waals surface area contributed by atoms with Gasteiger partial charge in [-0.15, -0.1) is 11.8 Å². The van der Waals surface area contributed by atoms with Crippen molar-refractivity contribution < 1.29 is 14.7 Å². The fraction of sp³-hybridized carbons (Fsp3) is 0.467. The highest BCUT2D eigenvalue weighted by Gasteiger charge is 2.15. The number of nitrogens with one attached hydrogen (secondary N) is 1. The van der Waals surface area contributed by atoms with Gasteiger partial charge < -0.3 is 10.4 Å². The van der Waals surface area contributed by atoms with Crippen LogP contribution in [0.3, 0.4) is 0 Å². The van der Waals surface area contributed by atoms with Gasteiger partial charge in [0.05, 0.1) is 11.7 Å². The van der Waals surface area contributed by atoms with Gasteiger partial charge in [-0.2, -0.15) is 0 Å². The maximum Gasteiger partial charge on any atom is 0.307 e. The van der Waals surface area contributed by atoms with Crippen molar-refractivity contribution in [2.45, 2.75) is 38.4 Å².